The van der Waals surface area contributed by atoms with Gasteiger partial charge in [-0.3, -0.25) is 14.6 Å². The van der Waals surface area contributed by atoms with E-state index in [-0.39, 0.29) is 46.2 Å². The minimum atomic E-state index is -2.80. The number of rotatable bonds is 7. The van der Waals surface area contributed by atoms with E-state index in [2.05, 4.69) is 21.2 Å². The molecule has 3 heterocycles. The fraction of sp³-hybridized carbons (Fsp3) is 0.552. The standard InChI is InChI=1S/C23H25F2N5O4S.3C2H6/c1-33-18-10-26-17(20(24)25)9-16(18)15-8-13(30-6-7-34-11-19(30)31)4-5-14(15)21(32)27-23-29-28-22(35-23)12-2-3-12;3*1-2/h4-5,8-10,12,20,22-23,28-29H,2-3,6-7,11H2,1H3,(H,27,32);3*1-2H3. The Bertz CT molecular complexity index is 1140. The Morgan fingerprint density at radius 2 is 1.83 bits per heavy atom. The molecule has 12 heteroatoms. The van der Waals surface area contributed by atoms with E-state index in [1.807, 2.05) is 41.5 Å². The second-order valence-electron chi connectivity index (χ2n) is 8.47. The van der Waals surface area contributed by atoms with Crippen molar-refractivity contribution < 1.29 is 27.8 Å². The van der Waals surface area contributed by atoms with Gasteiger partial charge in [0.25, 0.3) is 18.2 Å². The van der Waals surface area contributed by atoms with Gasteiger partial charge in [0.1, 0.15) is 23.5 Å². The summed E-state index contributed by atoms with van der Waals surface area (Å²) in [6.07, 6.45) is 0.731. The maximum Gasteiger partial charge on any atom is 0.280 e. The number of nitrogens with one attached hydrogen (secondary N) is 3. The number of hydrogen-bond acceptors (Lipinski definition) is 8. The summed E-state index contributed by atoms with van der Waals surface area (Å²) in [5.41, 5.74) is 6.93. The maximum absolute atomic E-state index is 13.5. The molecule has 3 N–H and O–H groups in total. The first-order valence-electron chi connectivity index (χ1n) is 14.3. The molecule has 1 aromatic carbocycles. The molecule has 2 aliphatic heterocycles. The van der Waals surface area contributed by atoms with Gasteiger partial charge in [0.2, 0.25) is 0 Å². The van der Waals surface area contributed by atoms with Gasteiger partial charge in [-0.2, -0.15) is 0 Å². The van der Waals surface area contributed by atoms with E-state index in [1.54, 1.807) is 34.9 Å². The van der Waals surface area contributed by atoms with Crippen LogP contribution in [0, 0.1) is 5.92 Å². The van der Waals surface area contributed by atoms with Crippen molar-refractivity contribution in [2.24, 2.45) is 5.92 Å². The normalized spacial score (nSPS) is 19.7. The fourth-order valence-electron chi connectivity index (χ4n) is 4.13. The molecule has 0 bridgehead atoms. The summed E-state index contributed by atoms with van der Waals surface area (Å²) in [5, 5.41) is 3.17. The topological polar surface area (TPSA) is 105 Å². The molecular weight excluding hydrogens is 552 g/mol. The van der Waals surface area contributed by atoms with Gasteiger partial charge >= 0.3 is 0 Å². The highest BCUT2D eigenvalue weighted by Gasteiger charge is 2.38. The van der Waals surface area contributed by atoms with Gasteiger partial charge in [-0.15, -0.1) is 0 Å². The zero-order valence-electron chi connectivity index (χ0n) is 24.9. The lowest BCUT2D eigenvalue weighted by molar-refractivity contribution is -0.125. The van der Waals surface area contributed by atoms with Crippen LogP contribution in [-0.4, -0.2) is 54.5 Å². The third kappa shape index (κ3) is 8.84. The van der Waals surface area contributed by atoms with Crippen molar-refractivity contribution in [2.45, 2.75) is 71.7 Å². The zero-order valence-corrected chi connectivity index (χ0v) is 25.7. The third-order valence-electron chi connectivity index (χ3n) is 6.12. The summed E-state index contributed by atoms with van der Waals surface area (Å²) >= 11 is 1.59. The number of aromatic nitrogens is 1. The predicted octanol–water partition coefficient (Wildman–Crippen LogP) is 5.73. The molecule has 2 saturated heterocycles. The number of nitrogens with zero attached hydrogens (tertiary/aromatic N) is 2. The minimum absolute atomic E-state index is 0.0502. The summed E-state index contributed by atoms with van der Waals surface area (Å²) < 4.78 is 37.6. The van der Waals surface area contributed by atoms with E-state index in [1.165, 1.54) is 19.4 Å². The van der Waals surface area contributed by atoms with E-state index >= 15 is 0 Å². The largest absolute Gasteiger partial charge is 0.494 e. The number of hydrogen-bond donors (Lipinski definition) is 3. The number of ether oxygens (including phenoxy) is 2. The number of morpholine rings is 1. The summed E-state index contributed by atoms with van der Waals surface area (Å²) in [6.45, 7) is 12.7. The number of amides is 2. The average Bonchev–Trinajstić information content (AvgIpc) is 3.78. The summed E-state index contributed by atoms with van der Waals surface area (Å²) in [6, 6.07) is 6.12. The van der Waals surface area contributed by atoms with Crippen LogP contribution in [-0.2, 0) is 9.53 Å². The summed E-state index contributed by atoms with van der Waals surface area (Å²) in [4.78, 5) is 31.1. The Balaban J connectivity index is 0.000000921. The molecule has 41 heavy (non-hydrogen) atoms. The lowest BCUT2D eigenvalue weighted by atomic mass is 9.97. The van der Waals surface area contributed by atoms with Crippen molar-refractivity contribution in [3.8, 4) is 16.9 Å². The Morgan fingerprint density at radius 3 is 2.44 bits per heavy atom. The molecule has 1 saturated carbocycles. The van der Waals surface area contributed by atoms with Gasteiger partial charge in [-0.1, -0.05) is 53.3 Å². The Hall–Kier alpha value is -2.80. The smallest absolute Gasteiger partial charge is 0.280 e. The van der Waals surface area contributed by atoms with Gasteiger partial charge in [-0.05, 0) is 43.0 Å². The molecule has 9 nitrogen and oxygen atoms in total. The van der Waals surface area contributed by atoms with Crippen LogP contribution >= 0.6 is 11.8 Å². The molecule has 2 amide bonds. The first-order chi connectivity index (χ1) is 19.9. The van der Waals surface area contributed by atoms with E-state index in [0.717, 1.165) is 12.8 Å². The Labute approximate surface area is 246 Å². The Morgan fingerprint density at radius 1 is 1.12 bits per heavy atom. The van der Waals surface area contributed by atoms with Crippen LogP contribution in [0.25, 0.3) is 11.1 Å². The van der Waals surface area contributed by atoms with Crippen LogP contribution in [0.3, 0.4) is 0 Å². The molecule has 2 atom stereocenters. The zero-order chi connectivity index (χ0) is 30.5. The highest BCUT2D eigenvalue weighted by Crippen LogP contribution is 2.40. The number of carbonyl (C=O) groups excluding carboxylic acids is 2. The molecule has 1 aromatic heterocycles. The van der Waals surface area contributed by atoms with E-state index in [9.17, 15) is 18.4 Å². The summed E-state index contributed by atoms with van der Waals surface area (Å²) in [7, 11) is 1.40. The second-order valence-corrected chi connectivity index (χ2v) is 9.73. The quantitative estimate of drug-likeness (QED) is 0.373. The number of hydrazine groups is 1. The van der Waals surface area contributed by atoms with E-state index < -0.39 is 12.1 Å². The van der Waals surface area contributed by atoms with Crippen molar-refractivity contribution >= 4 is 29.3 Å². The fourth-order valence-corrected chi connectivity index (χ4v) is 5.37. The number of benzene rings is 1. The van der Waals surface area contributed by atoms with E-state index in [0.29, 0.717) is 30.3 Å². The molecule has 1 aliphatic carbocycles. The molecule has 0 spiro atoms. The first kappa shape index (κ1) is 34.4. The van der Waals surface area contributed by atoms with Crippen LogP contribution in [0.1, 0.15) is 76.9 Å². The van der Waals surface area contributed by atoms with Crippen molar-refractivity contribution in [1.29, 1.82) is 0 Å². The Kier molecular flexibility index (Phi) is 14.5. The first-order valence-corrected chi connectivity index (χ1v) is 15.2. The van der Waals surface area contributed by atoms with Gasteiger partial charge in [0.15, 0.2) is 0 Å². The van der Waals surface area contributed by atoms with Crippen LogP contribution in [0.2, 0.25) is 0 Å². The third-order valence-corrected chi connectivity index (χ3v) is 7.42. The van der Waals surface area contributed by atoms with Crippen molar-refractivity contribution in [3.05, 3.63) is 41.7 Å². The number of halogens is 2. The van der Waals surface area contributed by atoms with Crippen LogP contribution < -0.4 is 25.8 Å². The SMILES string of the molecule is CC.CC.CC.COc1cnc(C(F)F)cc1-c1cc(N2CCOCC2=O)ccc1C(=O)NC1NNC(C2CC2)S1. The van der Waals surface area contributed by atoms with Crippen molar-refractivity contribution in [3.63, 3.8) is 0 Å². The van der Waals surface area contributed by atoms with Gasteiger partial charge < -0.3 is 19.7 Å². The lowest BCUT2D eigenvalue weighted by Crippen LogP contribution is -2.44. The van der Waals surface area contributed by atoms with Crippen LogP contribution in [0.4, 0.5) is 14.5 Å². The van der Waals surface area contributed by atoms with Crippen molar-refractivity contribution in [1.82, 2.24) is 21.2 Å². The molecule has 2 aromatic rings. The molecule has 2 unspecified atom stereocenters. The van der Waals surface area contributed by atoms with Gasteiger partial charge in [-0.25, -0.2) is 19.6 Å². The molecule has 3 fully saturated rings. The highest BCUT2D eigenvalue weighted by molar-refractivity contribution is 8.00. The van der Waals surface area contributed by atoms with Gasteiger partial charge in [0.05, 0.1) is 25.3 Å². The number of carbonyl (C=O) groups is 2. The molecular formula is C29H43F2N5O4S. The number of anilines is 1. The predicted molar refractivity (Wildman–Crippen MR) is 160 cm³/mol. The molecule has 228 valence electrons. The monoisotopic (exact) mass is 595 g/mol. The average molecular weight is 596 g/mol. The molecule has 0 radical (unpaired) electrons. The van der Waals surface area contributed by atoms with Crippen LogP contribution in [0.5, 0.6) is 5.75 Å². The highest BCUT2D eigenvalue weighted by atomic mass is 32.2. The maximum atomic E-state index is 13.5. The van der Waals surface area contributed by atoms with E-state index in [4.69, 9.17) is 9.47 Å². The number of thioether (sulfide) groups is 1. The second kappa shape index (κ2) is 17.2. The van der Waals surface area contributed by atoms with Crippen LogP contribution in [0.15, 0.2) is 30.5 Å². The summed E-state index contributed by atoms with van der Waals surface area (Å²) in [5.74, 6) is 0.209. The van der Waals surface area contributed by atoms with Gasteiger partial charge in [0, 0.05) is 28.9 Å². The number of methoxy groups -OCH3 is 1. The number of pyridine rings is 1. The van der Waals surface area contributed by atoms with Crippen molar-refractivity contribution in [2.75, 3.05) is 31.8 Å². The number of alkyl halides is 2. The minimum Gasteiger partial charge on any atom is -0.494 e. The lowest BCUT2D eigenvalue weighted by Gasteiger charge is -2.28. The molecule has 3 aliphatic rings. The molecule has 5 rings (SSSR count).